The second kappa shape index (κ2) is 6.27. The minimum absolute atomic E-state index is 0.115. The van der Waals surface area contributed by atoms with Gasteiger partial charge in [0.15, 0.2) is 6.10 Å². The topological polar surface area (TPSA) is 58.2 Å². The van der Waals surface area contributed by atoms with E-state index in [1.165, 1.54) is 4.90 Å². The number of benzene rings is 1. The third-order valence-electron chi connectivity index (χ3n) is 3.93. The summed E-state index contributed by atoms with van der Waals surface area (Å²) in [4.78, 5) is 14.0. The molecular weight excluding hydrogens is 323 g/mol. The number of aryl methyl sites for hydroxylation is 1. The molecule has 1 N–H and O–H groups in total. The van der Waals surface area contributed by atoms with Gasteiger partial charge in [-0.25, -0.2) is 0 Å². The number of hydrogen-bond acceptors (Lipinski definition) is 3. The number of carbonyl (C=O) groups excluding carboxylic acids is 1. The van der Waals surface area contributed by atoms with E-state index in [9.17, 15) is 18.0 Å². The van der Waals surface area contributed by atoms with Gasteiger partial charge >= 0.3 is 6.18 Å². The third kappa shape index (κ3) is 3.14. The summed E-state index contributed by atoms with van der Waals surface area (Å²) in [5.74, 6) is -0.474. The fourth-order valence-corrected chi connectivity index (χ4v) is 2.69. The Morgan fingerprint density at radius 2 is 2.04 bits per heavy atom. The van der Waals surface area contributed by atoms with Gasteiger partial charge in [-0.2, -0.15) is 18.3 Å². The molecule has 0 spiro atoms. The number of ether oxygens (including phenoxy) is 1. The predicted octanol–water partition coefficient (Wildman–Crippen LogP) is 2.79. The largest absolute Gasteiger partial charge is 0.416 e. The van der Waals surface area contributed by atoms with Crippen LogP contribution in [0.2, 0.25) is 0 Å². The molecule has 1 aromatic heterocycles. The van der Waals surface area contributed by atoms with Gasteiger partial charge in [0, 0.05) is 17.8 Å². The van der Waals surface area contributed by atoms with Gasteiger partial charge in [-0.1, -0.05) is 30.3 Å². The molecule has 3 rings (SSSR count). The molecule has 1 aliphatic heterocycles. The van der Waals surface area contributed by atoms with Crippen LogP contribution in [-0.4, -0.2) is 53.0 Å². The quantitative estimate of drug-likeness (QED) is 0.915. The molecule has 1 aliphatic rings. The summed E-state index contributed by atoms with van der Waals surface area (Å²) in [6.45, 7) is 1.13. The van der Waals surface area contributed by atoms with E-state index in [1.54, 1.807) is 19.1 Å². The van der Waals surface area contributed by atoms with Crippen molar-refractivity contribution in [3.8, 4) is 11.3 Å². The Labute approximate surface area is 136 Å². The molecule has 128 valence electrons. The van der Waals surface area contributed by atoms with Gasteiger partial charge in [-0.15, -0.1) is 0 Å². The third-order valence-corrected chi connectivity index (χ3v) is 3.93. The standard InChI is InChI=1S/C16H16F3N3O2/c1-10-13(14(21-20-10)11-5-3-2-4-6-11)15(23)22-7-8-24-12(9-22)16(17,18)19/h2-6,12H,7-9H2,1H3,(H,20,21). The van der Waals surface area contributed by atoms with Gasteiger partial charge in [-0.05, 0) is 6.92 Å². The lowest BCUT2D eigenvalue weighted by atomic mass is 10.0. The number of carbonyl (C=O) groups is 1. The summed E-state index contributed by atoms with van der Waals surface area (Å²) in [6, 6.07) is 9.04. The number of H-pyrrole nitrogens is 1. The van der Waals surface area contributed by atoms with Crippen molar-refractivity contribution < 1.29 is 22.7 Å². The van der Waals surface area contributed by atoms with E-state index in [1.807, 2.05) is 18.2 Å². The maximum atomic E-state index is 12.9. The Morgan fingerprint density at radius 1 is 1.33 bits per heavy atom. The first kappa shape index (κ1) is 16.5. The van der Waals surface area contributed by atoms with Crippen LogP contribution in [-0.2, 0) is 4.74 Å². The monoisotopic (exact) mass is 339 g/mol. The molecule has 2 aromatic rings. The Balaban J connectivity index is 1.89. The summed E-state index contributed by atoms with van der Waals surface area (Å²) in [7, 11) is 0. The Morgan fingerprint density at radius 3 is 2.71 bits per heavy atom. The van der Waals surface area contributed by atoms with Crippen molar-refractivity contribution in [1.29, 1.82) is 0 Å². The van der Waals surface area contributed by atoms with Crippen LogP contribution in [0.4, 0.5) is 13.2 Å². The molecule has 1 saturated heterocycles. The van der Waals surface area contributed by atoms with Crippen LogP contribution >= 0.6 is 0 Å². The highest BCUT2D eigenvalue weighted by Crippen LogP contribution is 2.29. The molecule has 1 atom stereocenters. The first-order chi connectivity index (χ1) is 11.4. The normalized spacial score (nSPS) is 18.7. The second-order valence-electron chi connectivity index (χ2n) is 5.59. The lowest BCUT2D eigenvalue weighted by Crippen LogP contribution is -2.51. The minimum Gasteiger partial charge on any atom is -0.365 e. The number of hydrogen-bond donors (Lipinski definition) is 1. The van der Waals surface area contributed by atoms with Crippen molar-refractivity contribution in [2.75, 3.05) is 19.7 Å². The van der Waals surface area contributed by atoms with Gasteiger partial charge in [0.2, 0.25) is 0 Å². The Bertz CT molecular complexity index is 728. The summed E-state index contributed by atoms with van der Waals surface area (Å²) in [5.41, 5.74) is 1.98. The highest BCUT2D eigenvalue weighted by molar-refractivity contribution is 6.01. The van der Waals surface area contributed by atoms with Gasteiger partial charge in [0.05, 0.1) is 18.7 Å². The average Bonchev–Trinajstić information content (AvgIpc) is 2.96. The number of halogens is 3. The molecule has 8 heteroatoms. The molecule has 0 bridgehead atoms. The zero-order valence-electron chi connectivity index (χ0n) is 12.9. The zero-order valence-corrected chi connectivity index (χ0v) is 12.9. The van der Waals surface area contributed by atoms with Crippen LogP contribution in [0.3, 0.4) is 0 Å². The average molecular weight is 339 g/mol. The molecular formula is C16H16F3N3O2. The molecule has 0 saturated carbocycles. The smallest absolute Gasteiger partial charge is 0.365 e. The highest BCUT2D eigenvalue weighted by atomic mass is 19.4. The lowest BCUT2D eigenvalue weighted by Gasteiger charge is -2.33. The van der Waals surface area contributed by atoms with Gasteiger partial charge < -0.3 is 9.64 Å². The molecule has 1 aromatic carbocycles. The van der Waals surface area contributed by atoms with Crippen molar-refractivity contribution >= 4 is 5.91 Å². The lowest BCUT2D eigenvalue weighted by molar-refractivity contribution is -0.233. The number of nitrogens with one attached hydrogen (secondary N) is 1. The summed E-state index contributed by atoms with van der Waals surface area (Å²) in [6.07, 6.45) is -6.45. The van der Waals surface area contributed by atoms with E-state index in [4.69, 9.17) is 4.74 Å². The van der Waals surface area contributed by atoms with Crippen LogP contribution in [0.5, 0.6) is 0 Å². The van der Waals surface area contributed by atoms with Crippen LogP contribution in [0.15, 0.2) is 30.3 Å². The number of amides is 1. The first-order valence-corrected chi connectivity index (χ1v) is 7.46. The number of morpholine rings is 1. The van der Waals surface area contributed by atoms with Crippen LogP contribution in [0.1, 0.15) is 16.1 Å². The fraction of sp³-hybridized carbons (Fsp3) is 0.375. The zero-order chi connectivity index (χ0) is 17.3. The SMILES string of the molecule is Cc1[nH]nc(-c2ccccc2)c1C(=O)N1CCOC(C(F)(F)F)C1. The van der Waals surface area contributed by atoms with E-state index < -0.39 is 24.7 Å². The Kier molecular flexibility index (Phi) is 4.31. The fourth-order valence-electron chi connectivity index (χ4n) is 2.69. The maximum Gasteiger partial charge on any atom is 0.416 e. The van der Waals surface area contributed by atoms with E-state index in [-0.39, 0.29) is 13.2 Å². The molecule has 2 heterocycles. The van der Waals surface area contributed by atoms with Crippen molar-refractivity contribution in [3.05, 3.63) is 41.6 Å². The molecule has 0 radical (unpaired) electrons. The summed E-state index contributed by atoms with van der Waals surface area (Å²) in [5, 5.41) is 6.89. The highest BCUT2D eigenvalue weighted by Gasteiger charge is 2.44. The number of rotatable bonds is 2. The molecule has 1 unspecified atom stereocenters. The summed E-state index contributed by atoms with van der Waals surface area (Å²) < 4.78 is 43.3. The molecule has 1 fully saturated rings. The maximum absolute atomic E-state index is 12.9. The van der Waals surface area contributed by atoms with Crippen LogP contribution in [0, 0.1) is 6.92 Å². The van der Waals surface area contributed by atoms with Gasteiger partial charge in [0.25, 0.3) is 5.91 Å². The molecule has 1 amide bonds. The minimum atomic E-state index is -4.49. The van der Waals surface area contributed by atoms with Gasteiger partial charge in [0.1, 0.15) is 5.69 Å². The number of aromatic nitrogens is 2. The predicted molar refractivity (Wildman–Crippen MR) is 80.5 cm³/mol. The first-order valence-electron chi connectivity index (χ1n) is 7.46. The van der Waals surface area contributed by atoms with Crippen LogP contribution < -0.4 is 0 Å². The summed E-state index contributed by atoms with van der Waals surface area (Å²) >= 11 is 0. The van der Waals surface area contributed by atoms with E-state index >= 15 is 0 Å². The molecule has 0 aliphatic carbocycles. The van der Waals surface area contributed by atoms with E-state index in [0.29, 0.717) is 17.0 Å². The second-order valence-corrected chi connectivity index (χ2v) is 5.59. The number of aromatic amines is 1. The van der Waals surface area contributed by atoms with Crippen LogP contribution in [0.25, 0.3) is 11.3 Å². The van der Waals surface area contributed by atoms with Crippen molar-refractivity contribution in [2.45, 2.75) is 19.2 Å². The van der Waals surface area contributed by atoms with Gasteiger partial charge in [-0.3, -0.25) is 9.89 Å². The van der Waals surface area contributed by atoms with E-state index in [0.717, 1.165) is 5.56 Å². The molecule has 24 heavy (non-hydrogen) atoms. The van der Waals surface area contributed by atoms with Crippen molar-refractivity contribution in [2.24, 2.45) is 0 Å². The van der Waals surface area contributed by atoms with Crippen molar-refractivity contribution in [3.63, 3.8) is 0 Å². The van der Waals surface area contributed by atoms with Crippen molar-refractivity contribution in [1.82, 2.24) is 15.1 Å². The number of nitrogens with zero attached hydrogens (tertiary/aromatic N) is 2. The molecule has 5 nitrogen and oxygen atoms in total. The number of alkyl halides is 3. The van der Waals surface area contributed by atoms with E-state index in [2.05, 4.69) is 10.2 Å². The Hall–Kier alpha value is -2.35.